The largest absolute Gasteiger partial charge is 0.493 e. The van der Waals surface area contributed by atoms with Gasteiger partial charge in [-0.2, -0.15) is 4.72 Å². The lowest BCUT2D eigenvalue weighted by molar-refractivity contribution is -0.131. The zero-order valence-electron chi connectivity index (χ0n) is 13.0. The summed E-state index contributed by atoms with van der Waals surface area (Å²) >= 11 is 0. The first-order valence-electron chi connectivity index (χ1n) is 7.07. The summed E-state index contributed by atoms with van der Waals surface area (Å²) in [5.74, 6) is -0.777. The molecule has 1 aromatic carbocycles. The van der Waals surface area contributed by atoms with Gasteiger partial charge in [0.05, 0.1) is 18.2 Å². The quantitative estimate of drug-likeness (QED) is 0.354. The Labute approximate surface area is 134 Å². The van der Waals surface area contributed by atoms with E-state index in [1.165, 1.54) is 29.7 Å². The van der Waals surface area contributed by atoms with Gasteiger partial charge in [0.2, 0.25) is 10.0 Å². The van der Waals surface area contributed by atoms with Gasteiger partial charge in [-0.3, -0.25) is 14.4 Å². The molecule has 1 atom stereocenters. The van der Waals surface area contributed by atoms with Crippen LogP contribution in [-0.2, 0) is 14.8 Å². The molecule has 130 valence electrons. The third-order valence-electron chi connectivity index (χ3n) is 3.02. The maximum absolute atomic E-state index is 12.3. The summed E-state index contributed by atoms with van der Waals surface area (Å²) in [6.07, 6.45) is 0.258. The van der Waals surface area contributed by atoms with Crippen molar-refractivity contribution in [2.24, 2.45) is 5.92 Å². The van der Waals surface area contributed by atoms with E-state index in [2.05, 4.69) is 4.72 Å². The van der Waals surface area contributed by atoms with Crippen molar-refractivity contribution in [3.8, 4) is 5.75 Å². The lowest BCUT2D eigenvalue weighted by Gasteiger charge is -2.20. The zero-order chi connectivity index (χ0) is 17.5. The van der Waals surface area contributed by atoms with E-state index in [9.17, 15) is 17.6 Å². The lowest BCUT2D eigenvalue weighted by Crippen LogP contribution is -2.48. The smallest absolute Gasteiger partial charge is 0.261 e. The molecule has 1 aromatic rings. The van der Waals surface area contributed by atoms with Gasteiger partial charge in [0.25, 0.3) is 5.91 Å². The van der Waals surface area contributed by atoms with E-state index >= 15 is 0 Å². The van der Waals surface area contributed by atoms with Crippen molar-refractivity contribution >= 4 is 15.9 Å². The molecule has 3 N–H and O–H groups in total. The molecular formula is C14H21FN2O5S. The van der Waals surface area contributed by atoms with E-state index in [0.29, 0.717) is 5.75 Å². The second-order valence-corrected chi connectivity index (χ2v) is 6.90. The van der Waals surface area contributed by atoms with E-state index in [-0.39, 0.29) is 23.8 Å². The normalized spacial score (nSPS) is 12.9. The van der Waals surface area contributed by atoms with Gasteiger partial charge >= 0.3 is 0 Å². The number of hydrogen-bond acceptors (Lipinski definition) is 5. The van der Waals surface area contributed by atoms with Crippen LogP contribution in [0.2, 0.25) is 0 Å². The van der Waals surface area contributed by atoms with Crippen molar-refractivity contribution in [3.05, 3.63) is 24.3 Å². The molecule has 23 heavy (non-hydrogen) atoms. The summed E-state index contributed by atoms with van der Waals surface area (Å²) in [6.45, 7) is 3.00. The van der Waals surface area contributed by atoms with Crippen molar-refractivity contribution in [3.63, 3.8) is 0 Å². The number of hydroxylamine groups is 1. The van der Waals surface area contributed by atoms with E-state index in [4.69, 9.17) is 9.94 Å². The fourth-order valence-electron chi connectivity index (χ4n) is 1.76. The highest BCUT2D eigenvalue weighted by Crippen LogP contribution is 2.17. The zero-order valence-corrected chi connectivity index (χ0v) is 13.8. The maximum Gasteiger partial charge on any atom is 0.261 e. The Hall–Kier alpha value is -1.71. The van der Waals surface area contributed by atoms with Crippen LogP contribution >= 0.6 is 0 Å². The van der Waals surface area contributed by atoms with Gasteiger partial charge in [0, 0.05) is 6.42 Å². The first kappa shape index (κ1) is 19.3. The number of ether oxygens (including phenoxy) is 1. The van der Waals surface area contributed by atoms with Crippen LogP contribution in [0.3, 0.4) is 0 Å². The first-order chi connectivity index (χ1) is 10.8. The predicted octanol–water partition coefficient (Wildman–Crippen LogP) is 1.23. The van der Waals surface area contributed by atoms with Crippen LogP contribution in [0.25, 0.3) is 0 Å². The van der Waals surface area contributed by atoms with Gasteiger partial charge < -0.3 is 4.74 Å². The molecule has 1 rings (SSSR count). The Bertz CT molecular complexity index is 604. The minimum Gasteiger partial charge on any atom is -0.493 e. The number of benzene rings is 1. The van der Waals surface area contributed by atoms with Crippen molar-refractivity contribution < 1.29 is 27.5 Å². The van der Waals surface area contributed by atoms with Crippen LogP contribution in [-0.4, -0.2) is 38.9 Å². The van der Waals surface area contributed by atoms with Gasteiger partial charge in [-0.25, -0.2) is 13.9 Å². The maximum atomic E-state index is 12.3. The molecule has 0 radical (unpaired) electrons. The Morgan fingerprint density at radius 1 is 1.30 bits per heavy atom. The molecule has 0 aromatic heterocycles. The van der Waals surface area contributed by atoms with E-state index < -0.39 is 28.6 Å². The van der Waals surface area contributed by atoms with E-state index in [1.54, 1.807) is 13.8 Å². The van der Waals surface area contributed by atoms with Crippen LogP contribution in [0, 0.1) is 5.92 Å². The second-order valence-electron chi connectivity index (χ2n) is 5.18. The van der Waals surface area contributed by atoms with Gasteiger partial charge in [0.15, 0.2) is 0 Å². The fraction of sp³-hybridized carbons (Fsp3) is 0.500. The molecule has 0 aliphatic rings. The minimum atomic E-state index is -3.94. The number of amides is 1. The highest BCUT2D eigenvalue weighted by Gasteiger charge is 2.28. The molecule has 0 spiro atoms. The van der Waals surface area contributed by atoms with Crippen LogP contribution in [0.4, 0.5) is 4.39 Å². The summed E-state index contributed by atoms with van der Waals surface area (Å²) < 4.78 is 44.0. The van der Waals surface area contributed by atoms with Crippen LogP contribution < -0.4 is 14.9 Å². The summed E-state index contributed by atoms with van der Waals surface area (Å²) in [5.41, 5.74) is 1.44. The minimum absolute atomic E-state index is 0.0493. The molecule has 1 unspecified atom stereocenters. The highest BCUT2D eigenvalue weighted by molar-refractivity contribution is 7.89. The number of hydrogen-bond donors (Lipinski definition) is 3. The second kappa shape index (κ2) is 8.80. The van der Waals surface area contributed by atoms with Crippen molar-refractivity contribution in [1.29, 1.82) is 0 Å². The molecule has 0 bridgehead atoms. The summed E-state index contributed by atoms with van der Waals surface area (Å²) in [7, 11) is -3.94. The van der Waals surface area contributed by atoms with Gasteiger partial charge in [-0.1, -0.05) is 13.8 Å². The number of carbonyl (C=O) groups is 1. The number of halogens is 1. The standard InChI is InChI=1S/C14H21FN2O5S/c1-10(2)13(14(18)16-19)17-23(20,21)12-6-4-11(5-7-12)22-9-3-8-15/h4-7,10,13,17,19H,3,8-9H2,1-2H3,(H,16,18). The summed E-state index contributed by atoms with van der Waals surface area (Å²) in [4.78, 5) is 11.5. The molecule has 0 fully saturated rings. The van der Waals surface area contributed by atoms with Crippen molar-refractivity contribution in [1.82, 2.24) is 10.2 Å². The van der Waals surface area contributed by atoms with Gasteiger partial charge in [0.1, 0.15) is 11.8 Å². The van der Waals surface area contributed by atoms with Gasteiger partial charge in [-0.15, -0.1) is 0 Å². The summed E-state index contributed by atoms with van der Waals surface area (Å²) in [5, 5.41) is 8.68. The number of sulfonamides is 1. The van der Waals surface area contributed by atoms with Crippen LogP contribution in [0.1, 0.15) is 20.3 Å². The Morgan fingerprint density at radius 3 is 2.39 bits per heavy atom. The topological polar surface area (TPSA) is 105 Å². The SMILES string of the molecule is CC(C)C(NS(=O)(=O)c1ccc(OCCCF)cc1)C(=O)NO. The number of nitrogens with one attached hydrogen (secondary N) is 2. The molecule has 7 nitrogen and oxygen atoms in total. The van der Waals surface area contributed by atoms with Crippen LogP contribution in [0.5, 0.6) is 5.75 Å². The Kier molecular flexibility index (Phi) is 7.40. The molecule has 0 aliphatic carbocycles. The van der Waals surface area contributed by atoms with Crippen molar-refractivity contribution in [2.75, 3.05) is 13.3 Å². The van der Waals surface area contributed by atoms with Crippen molar-refractivity contribution in [2.45, 2.75) is 31.2 Å². The summed E-state index contributed by atoms with van der Waals surface area (Å²) in [6, 6.07) is 4.43. The molecule has 0 heterocycles. The predicted molar refractivity (Wildman–Crippen MR) is 81.4 cm³/mol. The number of alkyl halides is 1. The number of carbonyl (C=O) groups excluding carboxylic acids is 1. The monoisotopic (exact) mass is 348 g/mol. The fourth-order valence-corrected chi connectivity index (χ4v) is 3.10. The molecule has 0 saturated carbocycles. The average Bonchev–Trinajstić information content (AvgIpc) is 2.52. The Balaban J connectivity index is 2.84. The highest BCUT2D eigenvalue weighted by atomic mass is 32.2. The Morgan fingerprint density at radius 2 is 1.91 bits per heavy atom. The molecule has 9 heteroatoms. The lowest BCUT2D eigenvalue weighted by atomic mass is 10.1. The molecular weight excluding hydrogens is 327 g/mol. The third-order valence-corrected chi connectivity index (χ3v) is 4.48. The molecule has 0 aliphatic heterocycles. The number of rotatable bonds is 9. The average molecular weight is 348 g/mol. The van der Waals surface area contributed by atoms with Gasteiger partial charge in [-0.05, 0) is 30.2 Å². The molecule has 0 saturated heterocycles. The first-order valence-corrected chi connectivity index (χ1v) is 8.55. The third kappa shape index (κ3) is 5.77. The van der Waals surface area contributed by atoms with E-state index in [0.717, 1.165) is 0 Å². The van der Waals surface area contributed by atoms with E-state index in [1.807, 2.05) is 0 Å². The molecule has 1 amide bonds. The van der Waals surface area contributed by atoms with Crippen LogP contribution in [0.15, 0.2) is 29.2 Å².